The minimum absolute atomic E-state index is 0.258. The van der Waals surface area contributed by atoms with E-state index in [9.17, 15) is 4.39 Å². The molecule has 1 aromatic heterocycles. The van der Waals surface area contributed by atoms with Gasteiger partial charge in [-0.25, -0.2) is 14.4 Å². The van der Waals surface area contributed by atoms with Gasteiger partial charge in [-0.2, -0.15) is 0 Å². The van der Waals surface area contributed by atoms with Gasteiger partial charge in [-0.3, -0.25) is 0 Å². The van der Waals surface area contributed by atoms with Crippen molar-refractivity contribution >= 4 is 5.69 Å². The molecule has 0 unspecified atom stereocenters. The molecule has 5 nitrogen and oxygen atoms in total. The van der Waals surface area contributed by atoms with Gasteiger partial charge < -0.3 is 15.0 Å². The molecular formula is C26H29FN4O. The van der Waals surface area contributed by atoms with Crippen LogP contribution in [0.2, 0.25) is 0 Å². The van der Waals surface area contributed by atoms with E-state index in [1.807, 2.05) is 19.2 Å². The summed E-state index contributed by atoms with van der Waals surface area (Å²) in [6.07, 6.45) is 3.54. The van der Waals surface area contributed by atoms with Gasteiger partial charge in [0.1, 0.15) is 12.4 Å². The van der Waals surface area contributed by atoms with Crippen LogP contribution in [0.15, 0.2) is 36.5 Å². The Bertz CT molecular complexity index is 1160. The van der Waals surface area contributed by atoms with E-state index in [1.165, 1.54) is 22.8 Å². The Kier molecular flexibility index (Phi) is 5.55. The van der Waals surface area contributed by atoms with Crippen molar-refractivity contribution in [2.24, 2.45) is 0 Å². The molecule has 166 valence electrons. The quantitative estimate of drug-likeness (QED) is 0.661. The van der Waals surface area contributed by atoms with Crippen molar-refractivity contribution in [3.05, 3.63) is 70.4 Å². The van der Waals surface area contributed by atoms with E-state index in [2.05, 4.69) is 47.2 Å². The van der Waals surface area contributed by atoms with Crippen molar-refractivity contribution in [2.75, 3.05) is 24.6 Å². The maximum absolute atomic E-state index is 15.0. The lowest BCUT2D eigenvalue weighted by Gasteiger charge is -2.34. The van der Waals surface area contributed by atoms with Gasteiger partial charge in [-0.1, -0.05) is 18.2 Å². The predicted molar refractivity (Wildman–Crippen MR) is 125 cm³/mol. The second-order valence-electron chi connectivity index (χ2n) is 8.97. The predicted octanol–water partition coefficient (Wildman–Crippen LogP) is 4.43. The molecule has 0 fully saturated rings. The Morgan fingerprint density at radius 1 is 1.19 bits per heavy atom. The Hall–Kier alpha value is -2.99. The summed E-state index contributed by atoms with van der Waals surface area (Å²) >= 11 is 0. The van der Waals surface area contributed by atoms with E-state index in [0.717, 1.165) is 54.4 Å². The van der Waals surface area contributed by atoms with Crippen LogP contribution < -0.4 is 15.0 Å². The van der Waals surface area contributed by atoms with Crippen LogP contribution in [0.1, 0.15) is 41.9 Å². The topological polar surface area (TPSA) is 50.3 Å². The van der Waals surface area contributed by atoms with Crippen LogP contribution in [0.3, 0.4) is 0 Å². The van der Waals surface area contributed by atoms with Gasteiger partial charge in [-0.15, -0.1) is 0 Å². The van der Waals surface area contributed by atoms with Gasteiger partial charge in [-0.05, 0) is 68.1 Å². The molecule has 0 radical (unpaired) electrons. The summed E-state index contributed by atoms with van der Waals surface area (Å²) in [5.41, 5.74) is 7.23. The van der Waals surface area contributed by atoms with E-state index >= 15 is 0 Å². The van der Waals surface area contributed by atoms with Crippen LogP contribution in [0.4, 0.5) is 10.1 Å². The summed E-state index contributed by atoms with van der Waals surface area (Å²) in [6.45, 7) is 9.39. The van der Waals surface area contributed by atoms with Gasteiger partial charge in [0.05, 0.1) is 17.9 Å². The first-order valence-corrected chi connectivity index (χ1v) is 11.4. The summed E-state index contributed by atoms with van der Waals surface area (Å²) in [7, 11) is 0. The lowest BCUT2D eigenvalue weighted by molar-refractivity contribution is 0.287. The van der Waals surface area contributed by atoms with Gasteiger partial charge in [0, 0.05) is 30.8 Å². The Morgan fingerprint density at radius 2 is 2.06 bits per heavy atom. The number of ether oxygens (including phenoxy) is 1. The summed E-state index contributed by atoms with van der Waals surface area (Å²) in [6, 6.07) is 10.4. The molecule has 3 heterocycles. The molecule has 0 bridgehead atoms. The maximum Gasteiger partial charge on any atom is 0.178 e. The molecule has 2 aromatic carbocycles. The summed E-state index contributed by atoms with van der Waals surface area (Å²) < 4.78 is 20.6. The molecule has 6 heteroatoms. The highest BCUT2D eigenvalue weighted by molar-refractivity contribution is 5.73. The molecule has 32 heavy (non-hydrogen) atoms. The van der Waals surface area contributed by atoms with Crippen LogP contribution >= 0.6 is 0 Å². The molecule has 0 spiro atoms. The maximum atomic E-state index is 15.0. The van der Waals surface area contributed by atoms with Crippen molar-refractivity contribution in [1.82, 2.24) is 15.3 Å². The monoisotopic (exact) mass is 432 g/mol. The molecule has 2 aliphatic heterocycles. The fourth-order valence-electron chi connectivity index (χ4n) is 4.65. The molecular weight excluding hydrogens is 403 g/mol. The molecule has 0 saturated carbocycles. The lowest BCUT2D eigenvalue weighted by Crippen LogP contribution is -2.38. The average Bonchev–Trinajstić information content (AvgIpc) is 2.79. The molecule has 0 amide bonds. The van der Waals surface area contributed by atoms with Crippen molar-refractivity contribution < 1.29 is 9.13 Å². The Morgan fingerprint density at radius 3 is 2.91 bits per heavy atom. The van der Waals surface area contributed by atoms with Crippen LogP contribution in [-0.4, -0.2) is 35.7 Å². The number of halogens is 1. The zero-order chi connectivity index (χ0) is 22.2. The number of hydrogen-bond acceptors (Lipinski definition) is 5. The van der Waals surface area contributed by atoms with Gasteiger partial charge in [0.25, 0.3) is 0 Å². The fourth-order valence-corrected chi connectivity index (χ4v) is 4.65. The van der Waals surface area contributed by atoms with Crippen LogP contribution in [0, 0.1) is 12.7 Å². The number of hydrogen-bond donors (Lipinski definition) is 1. The molecule has 3 aromatic rings. The SMILES string of the molecule is Cc1cnc(Cc2ccc3c(c2)CCNC3)nc1-c1cc(F)c2c(c1)N(C(C)C)CCO2. The number of aromatic nitrogens is 2. The largest absolute Gasteiger partial charge is 0.486 e. The number of fused-ring (bicyclic) bond motifs is 2. The summed E-state index contributed by atoms with van der Waals surface area (Å²) in [5.74, 6) is 0.740. The first-order chi connectivity index (χ1) is 15.5. The third-order valence-electron chi connectivity index (χ3n) is 6.35. The summed E-state index contributed by atoms with van der Waals surface area (Å²) in [4.78, 5) is 11.6. The minimum Gasteiger partial charge on any atom is -0.486 e. The number of rotatable bonds is 4. The zero-order valence-corrected chi connectivity index (χ0v) is 18.9. The molecule has 0 aliphatic carbocycles. The third-order valence-corrected chi connectivity index (χ3v) is 6.35. The fraction of sp³-hybridized carbons (Fsp3) is 0.385. The first-order valence-electron chi connectivity index (χ1n) is 11.4. The number of anilines is 1. The van der Waals surface area contributed by atoms with Crippen molar-refractivity contribution in [1.29, 1.82) is 0 Å². The highest BCUT2D eigenvalue weighted by Gasteiger charge is 2.25. The van der Waals surface area contributed by atoms with E-state index in [1.54, 1.807) is 0 Å². The Balaban J connectivity index is 1.49. The van der Waals surface area contributed by atoms with E-state index in [4.69, 9.17) is 9.72 Å². The van der Waals surface area contributed by atoms with Crippen molar-refractivity contribution in [3.63, 3.8) is 0 Å². The highest BCUT2D eigenvalue weighted by atomic mass is 19.1. The highest BCUT2D eigenvalue weighted by Crippen LogP contribution is 2.39. The standard InChI is InChI=1S/C26H29FN4O/c1-16(2)31-8-9-32-26-22(27)12-21(13-23(26)31)25-17(3)14-29-24(30-25)11-18-4-5-20-15-28-7-6-19(20)10-18/h4-5,10,12-14,16,28H,6-9,11,15H2,1-3H3. The number of nitrogens with one attached hydrogen (secondary N) is 1. The third kappa shape index (κ3) is 3.95. The zero-order valence-electron chi connectivity index (χ0n) is 18.9. The minimum atomic E-state index is -0.342. The first kappa shape index (κ1) is 20.9. The average molecular weight is 433 g/mol. The molecule has 1 N–H and O–H groups in total. The summed E-state index contributed by atoms with van der Waals surface area (Å²) in [5, 5.41) is 3.41. The Labute approximate surface area is 188 Å². The van der Waals surface area contributed by atoms with Gasteiger partial charge in [0.15, 0.2) is 11.6 Å². The van der Waals surface area contributed by atoms with Crippen molar-refractivity contribution in [2.45, 2.75) is 46.2 Å². The number of benzene rings is 2. The second-order valence-corrected chi connectivity index (χ2v) is 8.97. The van der Waals surface area contributed by atoms with Gasteiger partial charge >= 0.3 is 0 Å². The molecule has 0 atom stereocenters. The number of nitrogens with zero attached hydrogens (tertiary/aromatic N) is 3. The van der Waals surface area contributed by atoms with Crippen LogP contribution in [-0.2, 0) is 19.4 Å². The molecule has 5 rings (SSSR count). The van der Waals surface area contributed by atoms with E-state index in [0.29, 0.717) is 18.8 Å². The molecule has 0 saturated heterocycles. The number of aryl methyl sites for hydroxylation is 1. The lowest BCUT2D eigenvalue weighted by atomic mass is 9.97. The van der Waals surface area contributed by atoms with Crippen LogP contribution in [0.25, 0.3) is 11.3 Å². The van der Waals surface area contributed by atoms with Gasteiger partial charge in [0.2, 0.25) is 0 Å². The van der Waals surface area contributed by atoms with E-state index < -0.39 is 0 Å². The van der Waals surface area contributed by atoms with E-state index in [-0.39, 0.29) is 11.9 Å². The second kappa shape index (κ2) is 8.51. The molecule has 2 aliphatic rings. The smallest absolute Gasteiger partial charge is 0.178 e. The van der Waals surface area contributed by atoms with Crippen LogP contribution in [0.5, 0.6) is 5.75 Å². The normalized spacial score (nSPS) is 15.3. The van der Waals surface area contributed by atoms with Crippen molar-refractivity contribution in [3.8, 4) is 17.0 Å².